The van der Waals surface area contributed by atoms with Crippen molar-refractivity contribution in [3.63, 3.8) is 0 Å². The molecule has 0 amide bonds. The van der Waals surface area contributed by atoms with Crippen LogP contribution in [0.3, 0.4) is 0 Å². The fourth-order valence-electron chi connectivity index (χ4n) is 3.29. The lowest BCUT2D eigenvalue weighted by Gasteiger charge is -2.20. The predicted octanol–water partition coefficient (Wildman–Crippen LogP) is 3.30. The van der Waals surface area contributed by atoms with E-state index in [2.05, 4.69) is 9.88 Å². The van der Waals surface area contributed by atoms with Crippen LogP contribution in [-0.2, 0) is 11.6 Å². The molecule has 2 fully saturated rings. The molecule has 0 spiro atoms. The number of pyridine rings is 1. The van der Waals surface area contributed by atoms with Crippen molar-refractivity contribution in [2.75, 3.05) is 25.5 Å². The molecule has 20 heavy (non-hydrogen) atoms. The molecule has 3 rings (SSSR count). The zero-order valence-electron chi connectivity index (χ0n) is 11.0. The van der Waals surface area contributed by atoms with Crippen LogP contribution in [-0.4, -0.2) is 35.4 Å². The third kappa shape index (κ3) is 2.42. The molecule has 0 N–H and O–H groups in total. The summed E-state index contributed by atoms with van der Waals surface area (Å²) in [5.41, 5.74) is 0.131. The van der Waals surface area contributed by atoms with Crippen LogP contribution in [0.5, 0.6) is 0 Å². The summed E-state index contributed by atoms with van der Waals surface area (Å²) in [6.45, 7) is 2.87. The summed E-state index contributed by atoms with van der Waals surface area (Å²) in [5, 5.41) is 0. The Morgan fingerprint density at radius 1 is 1.40 bits per heavy atom. The predicted molar refractivity (Wildman–Crippen MR) is 70.8 cm³/mol. The van der Waals surface area contributed by atoms with Gasteiger partial charge in [-0.3, -0.25) is 4.98 Å². The lowest BCUT2D eigenvalue weighted by atomic mass is 10.00. The first-order valence-electron chi connectivity index (χ1n) is 6.78. The first-order chi connectivity index (χ1) is 9.45. The van der Waals surface area contributed by atoms with Gasteiger partial charge in [0.1, 0.15) is 0 Å². The number of likely N-dealkylation sites (tertiary alicyclic amines) is 1. The first kappa shape index (κ1) is 14.1. The van der Waals surface area contributed by atoms with Crippen molar-refractivity contribution in [1.82, 2.24) is 9.88 Å². The van der Waals surface area contributed by atoms with E-state index in [-0.39, 0.29) is 5.41 Å². The van der Waals surface area contributed by atoms with Gasteiger partial charge in [-0.05, 0) is 37.4 Å². The zero-order chi connectivity index (χ0) is 14.4. The molecule has 2 aliphatic rings. The molecule has 2 atom stereocenters. The standard InChI is InChI=1S/C14H16ClF3N2/c15-4-1-5-20-8-11-6-13(11,9-20)12-3-2-10(7-19-12)14(16,17)18/h2-3,7,11H,1,4-6,8-9H2/t11-,13?/m1/s1. The lowest BCUT2D eigenvalue weighted by Crippen LogP contribution is -2.28. The number of fused-ring (bicyclic) bond motifs is 1. The van der Waals surface area contributed by atoms with Crippen LogP contribution in [0.15, 0.2) is 18.3 Å². The fourth-order valence-corrected chi connectivity index (χ4v) is 3.41. The normalized spacial score (nSPS) is 29.5. The number of alkyl halides is 4. The van der Waals surface area contributed by atoms with Gasteiger partial charge in [0.2, 0.25) is 0 Å². The number of rotatable bonds is 4. The average molecular weight is 305 g/mol. The molecular weight excluding hydrogens is 289 g/mol. The van der Waals surface area contributed by atoms with Gasteiger partial charge in [0.25, 0.3) is 0 Å². The molecule has 0 bridgehead atoms. The van der Waals surface area contributed by atoms with Gasteiger partial charge in [-0.2, -0.15) is 13.2 Å². The van der Waals surface area contributed by atoms with Gasteiger partial charge in [-0.1, -0.05) is 0 Å². The molecule has 1 saturated heterocycles. The second kappa shape index (κ2) is 4.88. The Hall–Kier alpha value is -0.810. The van der Waals surface area contributed by atoms with Crippen LogP contribution in [0.2, 0.25) is 0 Å². The Morgan fingerprint density at radius 2 is 2.20 bits per heavy atom. The molecule has 0 aromatic carbocycles. The van der Waals surface area contributed by atoms with Gasteiger partial charge in [0, 0.05) is 36.3 Å². The highest BCUT2D eigenvalue weighted by molar-refractivity contribution is 6.17. The second-order valence-corrected chi connectivity index (χ2v) is 6.14. The number of hydrogen-bond donors (Lipinski definition) is 0. The molecule has 1 aliphatic carbocycles. The molecule has 2 heterocycles. The van der Waals surface area contributed by atoms with E-state index >= 15 is 0 Å². The highest BCUT2D eigenvalue weighted by Crippen LogP contribution is 2.58. The van der Waals surface area contributed by atoms with Crippen molar-refractivity contribution in [1.29, 1.82) is 0 Å². The van der Waals surface area contributed by atoms with E-state index in [0.29, 0.717) is 11.8 Å². The maximum absolute atomic E-state index is 12.5. The third-order valence-electron chi connectivity index (χ3n) is 4.43. The summed E-state index contributed by atoms with van der Waals surface area (Å²) in [7, 11) is 0. The molecule has 2 nitrogen and oxygen atoms in total. The van der Waals surface area contributed by atoms with Crippen molar-refractivity contribution in [3.05, 3.63) is 29.6 Å². The lowest BCUT2D eigenvalue weighted by molar-refractivity contribution is -0.137. The summed E-state index contributed by atoms with van der Waals surface area (Å²) in [6.07, 6.45) is -1.36. The topological polar surface area (TPSA) is 16.1 Å². The van der Waals surface area contributed by atoms with Gasteiger partial charge < -0.3 is 4.90 Å². The van der Waals surface area contributed by atoms with Crippen LogP contribution in [0.25, 0.3) is 0 Å². The Kier molecular flexibility index (Phi) is 3.45. The molecule has 6 heteroatoms. The Balaban J connectivity index is 1.71. The van der Waals surface area contributed by atoms with E-state index in [9.17, 15) is 13.2 Å². The Bertz CT molecular complexity index is 488. The smallest absolute Gasteiger partial charge is 0.302 e. The SMILES string of the molecule is FC(F)(F)c1ccc(C23C[C@@H]2CN(CCCCl)C3)nc1. The van der Waals surface area contributed by atoms with Crippen molar-refractivity contribution < 1.29 is 13.2 Å². The van der Waals surface area contributed by atoms with Gasteiger partial charge in [-0.15, -0.1) is 11.6 Å². The van der Waals surface area contributed by atoms with Crippen LogP contribution in [0.4, 0.5) is 13.2 Å². The molecular formula is C14H16ClF3N2. The maximum atomic E-state index is 12.5. The highest BCUT2D eigenvalue weighted by Gasteiger charge is 2.61. The average Bonchev–Trinajstić information content (AvgIpc) is 2.99. The van der Waals surface area contributed by atoms with Crippen molar-refractivity contribution in [2.45, 2.75) is 24.4 Å². The summed E-state index contributed by atoms with van der Waals surface area (Å²) in [6, 6.07) is 2.70. The van der Waals surface area contributed by atoms with E-state index in [0.717, 1.165) is 50.4 Å². The number of aromatic nitrogens is 1. The Morgan fingerprint density at radius 3 is 2.80 bits per heavy atom. The fraction of sp³-hybridized carbons (Fsp3) is 0.643. The van der Waals surface area contributed by atoms with Crippen molar-refractivity contribution >= 4 is 11.6 Å². The zero-order valence-corrected chi connectivity index (χ0v) is 11.7. The highest BCUT2D eigenvalue weighted by atomic mass is 35.5. The molecule has 1 saturated carbocycles. The van der Waals surface area contributed by atoms with E-state index in [4.69, 9.17) is 11.6 Å². The minimum Gasteiger partial charge on any atom is -0.302 e. The summed E-state index contributed by atoms with van der Waals surface area (Å²) < 4.78 is 37.6. The van der Waals surface area contributed by atoms with Crippen molar-refractivity contribution in [2.24, 2.45) is 5.92 Å². The molecule has 1 aromatic rings. The van der Waals surface area contributed by atoms with Crippen molar-refractivity contribution in [3.8, 4) is 0 Å². The number of nitrogens with zero attached hydrogens (tertiary/aromatic N) is 2. The monoisotopic (exact) mass is 304 g/mol. The van der Waals surface area contributed by atoms with Crippen LogP contribution >= 0.6 is 11.6 Å². The largest absolute Gasteiger partial charge is 0.417 e. The van der Waals surface area contributed by atoms with Crippen LogP contribution in [0, 0.1) is 5.92 Å². The second-order valence-electron chi connectivity index (χ2n) is 5.76. The molecule has 1 aromatic heterocycles. The molecule has 1 unspecified atom stereocenters. The number of halogens is 4. The third-order valence-corrected chi connectivity index (χ3v) is 4.69. The number of hydrogen-bond acceptors (Lipinski definition) is 2. The first-order valence-corrected chi connectivity index (χ1v) is 7.31. The maximum Gasteiger partial charge on any atom is 0.417 e. The molecule has 0 radical (unpaired) electrons. The van der Waals surface area contributed by atoms with Gasteiger partial charge in [0.15, 0.2) is 0 Å². The number of piperidine rings is 1. The summed E-state index contributed by atoms with van der Waals surface area (Å²) in [4.78, 5) is 6.43. The van der Waals surface area contributed by atoms with Gasteiger partial charge >= 0.3 is 6.18 Å². The van der Waals surface area contributed by atoms with E-state index in [1.54, 1.807) is 6.07 Å². The summed E-state index contributed by atoms with van der Waals surface area (Å²) in [5.74, 6) is 1.19. The molecule has 1 aliphatic heterocycles. The minimum atomic E-state index is -4.31. The van der Waals surface area contributed by atoms with E-state index < -0.39 is 11.7 Å². The van der Waals surface area contributed by atoms with Crippen LogP contribution < -0.4 is 0 Å². The minimum absolute atomic E-state index is 0.00353. The molecule has 110 valence electrons. The van der Waals surface area contributed by atoms with E-state index in [1.807, 2.05) is 0 Å². The quantitative estimate of drug-likeness (QED) is 0.794. The summed E-state index contributed by atoms with van der Waals surface area (Å²) >= 11 is 5.69. The van der Waals surface area contributed by atoms with E-state index in [1.165, 1.54) is 0 Å². The van der Waals surface area contributed by atoms with Gasteiger partial charge in [-0.25, -0.2) is 0 Å². The Labute approximate surface area is 120 Å². The van der Waals surface area contributed by atoms with Crippen LogP contribution in [0.1, 0.15) is 24.1 Å². The van der Waals surface area contributed by atoms with Gasteiger partial charge in [0.05, 0.1) is 5.56 Å².